The van der Waals surface area contributed by atoms with Gasteiger partial charge in [-0.05, 0) is 75.3 Å². The van der Waals surface area contributed by atoms with Crippen molar-refractivity contribution in [3.63, 3.8) is 0 Å². The molecule has 41 heavy (non-hydrogen) atoms. The number of hydrogen-bond donors (Lipinski definition) is 1. The van der Waals surface area contributed by atoms with Crippen molar-refractivity contribution in [2.24, 2.45) is 0 Å². The van der Waals surface area contributed by atoms with E-state index in [0.29, 0.717) is 51.5 Å². The van der Waals surface area contributed by atoms with Gasteiger partial charge in [0.05, 0.1) is 34.0 Å². The topological polar surface area (TPSA) is 88.7 Å². The van der Waals surface area contributed by atoms with Crippen molar-refractivity contribution in [1.29, 1.82) is 0 Å². The molecule has 4 aromatic rings. The number of hydrogen-bond acceptors (Lipinski definition) is 7. The molecule has 2 aromatic carbocycles. The van der Waals surface area contributed by atoms with Crippen molar-refractivity contribution >= 4 is 45.6 Å². The third-order valence-electron chi connectivity index (χ3n) is 8.58. The predicted octanol–water partition coefficient (Wildman–Crippen LogP) is 8.37. The van der Waals surface area contributed by atoms with Crippen LogP contribution in [0.4, 0.5) is 5.13 Å². The Balaban J connectivity index is 1.07. The second-order valence-electron chi connectivity index (χ2n) is 11.3. The molecule has 2 aromatic heterocycles. The summed E-state index contributed by atoms with van der Waals surface area (Å²) in [6.07, 6.45) is 6.43. The number of aromatic nitrogens is 2. The molecule has 1 N–H and O–H groups in total. The van der Waals surface area contributed by atoms with Crippen LogP contribution in [0.3, 0.4) is 0 Å². The molecule has 10 heteroatoms. The maximum absolute atomic E-state index is 11.3. The Kier molecular flexibility index (Phi) is 7.06. The standard InChI is InChI=1S/C31H29Cl2N3O4S/c1-16-11-18(30(37)38)7-10-22(16)26-15-41-31(34-26)36-19-8-9-20(36)13-21(12-19)39-14-23-28(35-40-29(23)17-5-6-17)27-24(32)3-2-4-25(27)33/h2-4,7,10-11,15,17,19-21H,5-6,8-9,12-14H2,1H3,(H,37,38)/t19-,20+,21?. The van der Waals surface area contributed by atoms with Gasteiger partial charge in [-0.2, -0.15) is 0 Å². The molecule has 1 aliphatic carbocycles. The van der Waals surface area contributed by atoms with Gasteiger partial charge in [-0.3, -0.25) is 0 Å². The normalized spacial score (nSPS) is 21.9. The fourth-order valence-corrected chi connectivity index (χ4v) is 7.96. The average molecular weight is 611 g/mol. The summed E-state index contributed by atoms with van der Waals surface area (Å²) in [5, 5.41) is 17.9. The van der Waals surface area contributed by atoms with Crippen LogP contribution in [0.5, 0.6) is 0 Å². The fraction of sp³-hybridized carbons (Fsp3) is 0.387. The third-order valence-corrected chi connectivity index (χ3v) is 10.1. The van der Waals surface area contributed by atoms with Gasteiger partial charge >= 0.3 is 5.97 Å². The Bertz CT molecular complexity index is 1600. The number of rotatable bonds is 8. The first-order chi connectivity index (χ1) is 19.9. The maximum atomic E-state index is 11.3. The number of halogens is 2. The molecule has 212 valence electrons. The molecular formula is C31H29Cl2N3O4S. The molecule has 2 aliphatic heterocycles. The van der Waals surface area contributed by atoms with Gasteiger partial charge in [-0.15, -0.1) is 11.3 Å². The van der Waals surface area contributed by atoms with Crippen LogP contribution in [0.15, 0.2) is 46.3 Å². The second-order valence-corrected chi connectivity index (χ2v) is 12.9. The Morgan fingerprint density at radius 2 is 1.85 bits per heavy atom. The zero-order valence-electron chi connectivity index (χ0n) is 22.5. The lowest BCUT2D eigenvalue weighted by atomic mass is 10.00. The molecule has 4 heterocycles. The molecule has 7 nitrogen and oxygen atoms in total. The van der Waals surface area contributed by atoms with Gasteiger partial charge in [0, 0.05) is 40.1 Å². The van der Waals surface area contributed by atoms with Crippen molar-refractivity contribution in [3.05, 3.63) is 74.3 Å². The quantitative estimate of drug-likeness (QED) is 0.214. The van der Waals surface area contributed by atoms with Gasteiger partial charge in [0.1, 0.15) is 11.5 Å². The van der Waals surface area contributed by atoms with Crippen LogP contribution in [0.1, 0.15) is 71.7 Å². The molecule has 0 radical (unpaired) electrons. The maximum Gasteiger partial charge on any atom is 0.335 e. The summed E-state index contributed by atoms with van der Waals surface area (Å²) in [5.41, 5.74) is 5.41. The number of benzene rings is 2. The third kappa shape index (κ3) is 5.05. The van der Waals surface area contributed by atoms with Gasteiger partial charge in [0.15, 0.2) is 5.13 Å². The SMILES string of the molecule is Cc1cc(C(=O)O)ccc1-c1csc(N2[C@@H]3CC[C@H]2CC(OCc2c(-c4c(Cl)cccc4Cl)noc2C2CC2)C3)n1. The molecular weight excluding hydrogens is 581 g/mol. The van der Waals surface area contributed by atoms with Gasteiger partial charge in [-0.1, -0.05) is 40.5 Å². The number of fused-ring (bicyclic) bond motifs is 2. The lowest BCUT2D eigenvalue weighted by Gasteiger charge is -2.38. The monoisotopic (exact) mass is 609 g/mol. The highest BCUT2D eigenvalue weighted by molar-refractivity contribution is 7.14. The zero-order valence-corrected chi connectivity index (χ0v) is 24.8. The minimum atomic E-state index is -0.919. The highest BCUT2D eigenvalue weighted by Crippen LogP contribution is 2.47. The fourth-order valence-electron chi connectivity index (χ4n) is 6.42. The van der Waals surface area contributed by atoms with E-state index in [1.54, 1.807) is 23.5 Å². The van der Waals surface area contributed by atoms with E-state index in [0.717, 1.165) is 71.8 Å². The Morgan fingerprint density at radius 3 is 2.51 bits per heavy atom. The van der Waals surface area contributed by atoms with E-state index >= 15 is 0 Å². The summed E-state index contributed by atoms with van der Waals surface area (Å²) in [6.45, 7) is 2.35. The van der Waals surface area contributed by atoms with E-state index in [4.69, 9.17) is 37.4 Å². The van der Waals surface area contributed by atoms with E-state index in [1.807, 2.05) is 31.2 Å². The Labute approximate surface area is 252 Å². The van der Waals surface area contributed by atoms with Gasteiger partial charge in [-0.25, -0.2) is 9.78 Å². The average Bonchev–Trinajstić information content (AvgIpc) is 3.42. The lowest BCUT2D eigenvalue weighted by Crippen LogP contribution is -2.45. The Hall–Kier alpha value is -2.91. The van der Waals surface area contributed by atoms with E-state index in [1.165, 1.54) is 0 Å². The first kappa shape index (κ1) is 27.0. The molecule has 1 unspecified atom stereocenters. The van der Waals surface area contributed by atoms with E-state index in [9.17, 15) is 9.90 Å². The summed E-state index contributed by atoms with van der Waals surface area (Å²) in [4.78, 5) is 18.8. The number of carboxylic acids is 1. The smallest absolute Gasteiger partial charge is 0.335 e. The number of carboxylic acid groups (broad SMARTS) is 1. The lowest BCUT2D eigenvalue weighted by molar-refractivity contribution is 0.0147. The van der Waals surface area contributed by atoms with Gasteiger partial charge in [0.2, 0.25) is 0 Å². The number of thiazole rings is 1. The molecule has 3 atom stereocenters. The highest BCUT2D eigenvalue weighted by atomic mass is 35.5. The second kappa shape index (κ2) is 10.7. The van der Waals surface area contributed by atoms with E-state index < -0.39 is 5.97 Å². The molecule has 7 rings (SSSR count). The van der Waals surface area contributed by atoms with Crippen molar-refractivity contribution in [1.82, 2.24) is 10.1 Å². The van der Waals surface area contributed by atoms with Gasteiger partial charge < -0.3 is 19.3 Å². The van der Waals surface area contributed by atoms with Crippen molar-refractivity contribution in [2.45, 2.75) is 76.2 Å². The van der Waals surface area contributed by atoms with Crippen LogP contribution in [0, 0.1) is 6.92 Å². The summed E-state index contributed by atoms with van der Waals surface area (Å²) in [7, 11) is 0. The zero-order chi connectivity index (χ0) is 28.2. The van der Waals surface area contributed by atoms with Crippen molar-refractivity contribution < 1.29 is 19.2 Å². The van der Waals surface area contributed by atoms with Crippen molar-refractivity contribution in [3.8, 4) is 22.5 Å². The first-order valence-corrected chi connectivity index (χ1v) is 15.6. The number of piperidine rings is 1. The number of carbonyl (C=O) groups is 1. The van der Waals surface area contributed by atoms with Crippen LogP contribution in [-0.4, -0.2) is 39.4 Å². The first-order valence-electron chi connectivity index (χ1n) is 14.0. The largest absolute Gasteiger partial charge is 0.478 e. The van der Waals surface area contributed by atoms with Gasteiger partial charge in [0.25, 0.3) is 0 Å². The minimum Gasteiger partial charge on any atom is -0.478 e. The molecule has 2 bridgehead atoms. The summed E-state index contributed by atoms with van der Waals surface area (Å²) in [5.74, 6) is 0.368. The number of nitrogens with zero attached hydrogens (tertiary/aromatic N) is 3. The number of anilines is 1. The van der Waals surface area contributed by atoms with Crippen LogP contribution >= 0.6 is 34.5 Å². The van der Waals surface area contributed by atoms with Crippen LogP contribution in [0.2, 0.25) is 10.0 Å². The number of ether oxygens (including phenoxy) is 1. The minimum absolute atomic E-state index is 0.130. The Morgan fingerprint density at radius 1 is 1.12 bits per heavy atom. The van der Waals surface area contributed by atoms with Crippen LogP contribution < -0.4 is 4.90 Å². The van der Waals surface area contributed by atoms with Crippen molar-refractivity contribution in [2.75, 3.05) is 4.90 Å². The molecule has 0 spiro atoms. The molecule has 3 fully saturated rings. The van der Waals surface area contributed by atoms with Crippen LogP contribution in [-0.2, 0) is 11.3 Å². The molecule has 0 amide bonds. The number of aryl methyl sites for hydroxylation is 1. The summed E-state index contributed by atoms with van der Waals surface area (Å²) >= 11 is 14.7. The van der Waals surface area contributed by atoms with E-state index in [-0.39, 0.29) is 6.10 Å². The summed E-state index contributed by atoms with van der Waals surface area (Å²) < 4.78 is 12.4. The highest BCUT2D eigenvalue weighted by Gasteiger charge is 2.43. The molecule has 2 saturated heterocycles. The van der Waals surface area contributed by atoms with E-state index in [2.05, 4.69) is 15.4 Å². The number of aromatic carboxylic acids is 1. The summed E-state index contributed by atoms with van der Waals surface area (Å²) in [6, 6.07) is 11.4. The molecule has 1 saturated carbocycles. The van der Waals surface area contributed by atoms with Crippen LogP contribution in [0.25, 0.3) is 22.5 Å². The molecule has 3 aliphatic rings. The predicted molar refractivity (Wildman–Crippen MR) is 160 cm³/mol.